The summed E-state index contributed by atoms with van der Waals surface area (Å²) in [6.45, 7) is 0. The maximum Gasteiger partial charge on any atom is 0.112 e. The van der Waals surface area contributed by atoms with Gasteiger partial charge in [0.2, 0.25) is 0 Å². The minimum Gasteiger partial charge on any atom is -0.309 e. The Kier molecular flexibility index (Phi) is 5.96. The Labute approximate surface area is 308 Å². The Bertz CT molecular complexity index is 3320. The first kappa shape index (κ1) is 28.9. The largest absolute Gasteiger partial charge is 0.309 e. The smallest absolute Gasteiger partial charge is 0.112 e. The maximum atomic E-state index is 5.21. The van der Waals surface area contributed by atoms with Gasteiger partial charge in [-0.15, -0.1) is 0 Å². The molecule has 0 aliphatic carbocycles. The Hall–Kier alpha value is -6.69. The Morgan fingerprint density at radius 3 is 1.79 bits per heavy atom. The molecule has 4 nitrogen and oxygen atoms in total. The monoisotopic (exact) mass is 692 g/mol. The van der Waals surface area contributed by atoms with Crippen LogP contribution >= 0.6 is 11.8 Å². The second-order valence-electron chi connectivity index (χ2n) is 13.8. The van der Waals surface area contributed by atoms with Crippen LogP contribution in [0.15, 0.2) is 180 Å². The SMILES string of the molecule is c1ccc(-n2c3ccccc3c3ccc(-c4ccc5c6ccccc6n(-c6ccc7nc8c9c(nccc9c7c6)-c6ccccc6S8)c5c4)cc32)cc1. The summed E-state index contributed by atoms with van der Waals surface area (Å²) in [7, 11) is 0. The van der Waals surface area contributed by atoms with Gasteiger partial charge in [-0.05, 0) is 83.2 Å². The van der Waals surface area contributed by atoms with Crippen LogP contribution in [0.4, 0.5) is 0 Å². The molecular formula is C48H28N4S. The number of pyridine rings is 2. The lowest BCUT2D eigenvalue weighted by molar-refractivity contribution is 1.17. The lowest BCUT2D eigenvalue weighted by Gasteiger charge is -2.20. The second-order valence-corrected chi connectivity index (χ2v) is 14.8. The third kappa shape index (κ3) is 4.14. The van der Waals surface area contributed by atoms with Crippen molar-refractivity contribution in [2.45, 2.75) is 9.92 Å². The average molecular weight is 693 g/mol. The molecular weight excluding hydrogens is 665 g/mol. The topological polar surface area (TPSA) is 35.6 Å². The summed E-state index contributed by atoms with van der Waals surface area (Å²) in [6, 6.07) is 59.4. The number of nitrogens with zero attached hydrogens (tertiary/aromatic N) is 4. The normalized spacial score (nSPS) is 12.5. The molecule has 5 heterocycles. The third-order valence-electron chi connectivity index (χ3n) is 11.0. The van der Waals surface area contributed by atoms with Crippen LogP contribution in [0.1, 0.15) is 0 Å². The summed E-state index contributed by atoms with van der Waals surface area (Å²) in [5.74, 6) is 0. The summed E-state index contributed by atoms with van der Waals surface area (Å²) in [5.41, 5.74) is 12.6. The van der Waals surface area contributed by atoms with Crippen molar-refractivity contribution >= 4 is 77.0 Å². The molecule has 1 aliphatic heterocycles. The van der Waals surface area contributed by atoms with Crippen LogP contribution in [-0.4, -0.2) is 19.1 Å². The summed E-state index contributed by atoms with van der Waals surface area (Å²) < 4.78 is 4.81. The first-order valence-corrected chi connectivity index (χ1v) is 18.7. The molecule has 0 fully saturated rings. The first-order valence-electron chi connectivity index (χ1n) is 17.9. The van der Waals surface area contributed by atoms with E-state index in [1.54, 1.807) is 11.8 Å². The fraction of sp³-hybridized carbons (Fsp3) is 0. The molecule has 7 aromatic carbocycles. The van der Waals surface area contributed by atoms with Gasteiger partial charge in [-0.3, -0.25) is 4.98 Å². The molecule has 1 aliphatic rings. The van der Waals surface area contributed by atoms with Crippen LogP contribution in [0.25, 0.3) is 99.0 Å². The summed E-state index contributed by atoms with van der Waals surface area (Å²) in [6.07, 6.45) is 1.95. The van der Waals surface area contributed by atoms with E-state index in [9.17, 15) is 0 Å². The lowest BCUT2D eigenvalue weighted by atomic mass is 10.0. The maximum absolute atomic E-state index is 5.21. The summed E-state index contributed by atoms with van der Waals surface area (Å²) >= 11 is 1.74. The van der Waals surface area contributed by atoms with Gasteiger partial charge in [-0.25, -0.2) is 4.98 Å². The fourth-order valence-corrected chi connectivity index (χ4v) is 9.69. The Morgan fingerprint density at radius 1 is 0.434 bits per heavy atom. The molecule has 53 heavy (non-hydrogen) atoms. The lowest BCUT2D eigenvalue weighted by Crippen LogP contribution is -1.99. The van der Waals surface area contributed by atoms with Gasteiger partial charge in [-0.2, -0.15) is 0 Å². The third-order valence-corrected chi connectivity index (χ3v) is 12.0. The van der Waals surface area contributed by atoms with Crippen molar-refractivity contribution in [1.82, 2.24) is 19.1 Å². The number of para-hydroxylation sites is 3. The molecule has 0 bridgehead atoms. The van der Waals surface area contributed by atoms with Crippen molar-refractivity contribution < 1.29 is 0 Å². The van der Waals surface area contributed by atoms with Gasteiger partial charge in [0, 0.05) is 60.3 Å². The van der Waals surface area contributed by atoms with Gasteiger partial charge in [-0.1, -0.05) is 109 Å². The Balaban J connectivity index is 1.08. The van der Waals surface area contributed by atoms with Crippen molar-refractivity contribution in [3.63, 3.8) is 0 Å². The van der Waals surface area contributed by atoms with E-state index < -0.39 is 0 Å². The number of rotatable bonds is 3. The average Bonchev–Trinajstić information content (AvgIpc) is 3.73. The van der Waals surface area contributed by atoms with Gasteiger partial charge in [0.15, 0.2) is 0 Å². The molecule has 11 aromatic rings. The number of aromatic nitrogens is 4. The van der Waals surface area contributed by atoms with Gasteiger partial charge < -0.3 is 9.13 Å². The highest BCUT2D eigenvalue weighted by Gasteiger charge is 2.23. The molecule has 4 aromatic heterocycles. The quantitative estimate of drug-likeness (QED) is 0.173. The van der Waals surface area contributed by atoms with E-state index in [-0.39, 0.29) is 0 Å². The Morgan fingerprint density at radius 2 is 1.06 bits per heavy atom. The van der Waals surface area contributed by atoms with Gasteiger partial charge in [0.25, 0.3) is 0 Å². The number of fused-ring (bicyclic) bond motifs is 10. The highest BCUT2D eigenvalue weighted by atomic mass is 32.2. The molecule has 0 unspecified atom stereocenters. The standard InChI is InChI=1S/C48H28N4S/c1-2-10-31(11-3-1)51-41-15-7-4-12-33(41)35-21-18-29(26-43(35)51)30-19-22-36-34-13-5-8-16-42(34)52(44(36)27-30)32-20-23-40-39(28-32)37-24-25-49-47-38-14-6-9-17-45(38)53-48(50-40)46(37)47/h1-28H. The zero-order valence-corrected chi connectivity index (χ0v) is 29.2. The first-order chi connectivity index (χ1) is 26.3. The van der Waals surface area contributed by atoms with Crippen molar-refractivity contribution in [3.8, 4) is 33.8 Å². The van der Waals surface area contributed by atoms with Crippen molar-refractivity contribution in [2.75, 3.05) is 0 Å². The van der Waals surface area contributed by atoms with Crippen LogP contribution in [0.3, 0.4) is 0 Å². The molecule has 0 saturated carbocycles. The molecule has 5 heteroatoms. The molecule has 0 radical (unpaired) electrons. The summed E-state index contributed by atoms with van der Waals surface area (Å²) in [5, 5.41) is 9.45. The van der Waals surface area contributed by atoms with Crippen molar-refractivity contribution in [1.29, 1.82) is 0 Å². The number of hydrogen-bond donors (Lipinski definition) is 0. The highest BCUT2D eigenvalue weighted by Crippen LogP contribution is 2.48. The minimum absolute atomic E-state index is 0.990. The number of hydrogen-bond acceptors (Lipinski definition) is 3. The molecule has 0 spiro atoms. The predicted octanol–water partition coefficient (Wildman–Crippen LogP) is 12.8. The van der Waals surface area contributed by atoms with Gasteiger partial charge in [0.05, 0.1) is 33.3 Å². The fourth-order valence-electron chi connectivity index (χ4n) is 8.61. The van der Waals surface area contributed by atoms with E-state index in [1.807, 2.05) is 6.20 Å². The van der Waals surface area contributed by atoms with Crippen LogP contribution in [0.2, 0.25) is 0 Å². The molecule has 0 amide bonds. The van der Waals surface area contributed by atoms with E-state index in [1.165, 1.54) is 70.6 Å². The van der Waals surface area contributed by atoms with E-state index in [2.05, 4.69) is 173 Å². The number of benzene rings is 7. The zero-order valence-electron chi connectivity index (χ0n) is 28.4. The zero-order chi connectivity index (χ0) is 34.6. The van der Waals surface area contributed by atoms with E-state index >= 15 is 0 Å². The van der Waals surface area contributed by atoms with Crippen LogP contribution in [-0.2, 0) is 0 Å². The van der Waals surface area contributed by atoms with Gasteiger partial charge in [0.1, 0.15) is 5.03 Å². The molecule has 246 valence electrons. The highest BCUT2D eigenvalue weighted by molar-refractivity contribution is 7.99. The van der Waals surface area contributed by atoms with Crippen molar-refractivity contribution in [3.05, 3.63) is 170 Å². The van der Waals surface area contributed by atoms with Crippen LogP contribution in [0.5, 0.6) is 0 Å². The summed E-state index contributed by atoms with van der Waals surface area (Å²) in [4.78, 5) is 11.3. The second kappa shape index (κ2) is 10.9. The van der Waals surface area contributed by atoms with E-state index in [0.29, 0.717) is 0 Å². The van der Waals surface area contributed by atoms with Crippen LogP contribution < -0.4 is 0 Å². The van der Waals surface area contributed by atoms with Crippen molar-refractivity contribution in [2.24, 2.45) is 0 Å². The van der Waals surface area contributed by atoms with Gasteiger partial charge >= 0.3 is 0 Å². The molecule has 0 atom stereocenters. The predicted molar refractivity (Wildman–Crippen MR) is 221 cm³/mol. The molecule has 12 rings (SSSR count). The molecule has 0 N–H and O–H groups in total. The van der Waals surface area contributed by atoms with E-state index in [4.69, 9.17) is 9.97 Å². The molecule has 0 saturated heterocycles. The van der Waals surface area contributed by atoms with Crippen LogP contribution in [0, 0.1) is 0 Å². The minimum atomic E-state index is 0.990. The van der Waals surface area contributed by atoms with E-state index in [0.717, 1.165) is 38.4 Å².